The number of amides is 1. The SMILES string of the molecule is CC(=O)C(Cc1ccccc1)NC(=O)COC(=O)c1ccc2c(c1)CCCN2S(C)(=O)=O. The molecule has 1 unspecified atom stereocenters. The molecule has 170 valence electrons. The second-order valence-corrected chi connectivity index (χ2v) is 9.69. The largest absolute Gasteiger partial charge is 0.452 e. The summed E-state index contributed by atoms with van der Waals surface area (Å²) in [6.07, 6.45) is 2.78. The molecule has 0 aliphatic carbocycles. The first-order chi connectivity index (χ1) is 15.1. The van der Waals surface area contributed by atoms with Gasteiger partial charge in [-0.15, -0.1) is 0 Å². The molecule has 0 bridgehead atoms. The zero-order valence-electron chi connectivity index (χ0n) is 18.0. The molecule has 8 nitrogen and oxygen atoms in total. The summed E-state index contributed by atoms with van der Waals surface area (Å²) >= 11 is 0. The molecule has 1 heterocycles. The van der Waals surface area contributed by atoms with Crippen LogP contribution >= 0.6 is 0 Å². The fourth-order valence-electron chi connectivity index (χ4n) is 3.63. The number of nitrogens with zero attached hydrogens (tertiary/aromatic N) is 1. The Hall–Kier alpha value is -3.20. The maximum absolute atomic E-state index is 12.4. The molecule has 32 heavy (non-hydrogen) atoms. The molecule has 0 saturated heterocycles. The van der Waals surface area contributed by atoms with Gasteiger partial charge in [0.15, 0.2) is 12.4 Å². The van der Waals surface area contributed by atoms with Crippen molar-refractivity contribution in [2.24, 2.45) is 0 Å². The van der Waals surface area contributed by atoms with Gasteiger partial charge in [0.25, 0.3) is 5.91 Å². The van der Waals surface area contributed by atoms with E-state index in [2.05, 4.69) is 5.32 Å². The Morgan fingerprint density at radius 1 is 1.12 bits per heavy atom. The van der Waals surface area contributed by atoms with Crippen molar-refractivity contribution in [3.63, 3.8) is 0 Å². The predicted octanol–water partition coefficient (Wildman–Crippen LogP) is 1.87. The third-order valence-corrected chi connectivity index (χ3v) is 6.41. The van der Waals surface area contributed by atoms with Crippen molar-refractivity contribution in [1.82, 2.24) is 5.32 Å². The summed E-state index contributed by atoms with van der Waals surface area (Å²) in [5, 5.41) is 2.61. The first kappa shape index (κ1) is 23.5. The number of aryl methyl sites for hydroxylation is 1. The van der Waals surface area contributed by atoms with Gasteiger partial charge in [0.1, 0.15) is 0 Å². The van der Waals surface area contributed by atoms with Gasteiger partial charge in [-0.1, -0.05) is 30.3 Å². The topological polar surface area (TPSA) is 110 Å². The van der Waals surface area contributed by atoms with Crippen LogP contribution in [0.4, 0.5) is 5.69 Å². The first-order valence-electron chi connectivity index (χ1n) is 10.3. The normalized spacial score (nSPS) is 14.2. The number of carbonyl (C=O) groups is 3. The smallest absolute Gasteiger partial charge is 0.338 e. The number of esters is 1. The van der Waals surface area contributed by atoms with Gasteiger partial charge in [-0.2, -0.15) is 0 Å². The number of hydrogen-bond donors (Lipinski definition) is 1. The van der Waals surface area contributed by atoms with Crippen molar-refractivity contribution >= 4 is 33.4 Å². The molecule has 1 atom stereocenters. The number of nitrogens with one attached hydrogen (secondary N) is 1. The van der Waals surface area contributed by atoms with Gasteiger partial charge in [-0.3, -0.25) is 13.9 Å². The summed E-state index contributed by atoms with van der Waals surface area (Å²) in [6.45, 7) is 1.27. The number of hydrogen-bond acceptors (Lipinski definition) is 6. The average molecular weight is 459 g/mol. The fraction of sp³-hybridized carbons (Fsp3) is 0.348. The highest BCUT2D eigenvalue weighted by atomic mass is 32.2. The Kier molecular flexibility index (Phi) is 7.29. The maximum Gasteiger partial charge on any atom is 0.338 e. The zero-order chi connectivity index (χ0) is 23.3. The number of ketones is 1. The van der Waals surface area contributed by atoms with Gasteiger partial charge in [0.2, 0.25) is 10.0 Å². The van der Waals surface area contributed by atoms with Crippen molar-refractivity contribution in [3.8, 4) is 0 Å². The molecular formula is C23H26N2O6S. The molecule has 1 N–H and O–H groups in total. The Morgan fingerprint density at radius 2 is 1.84 bits per heavy atom. The van der Waals surface area contributed by atoms with Gasteiger partial charge < -0.3 is 10.1 Å². The predicted molar refractivity (Wildman–Crippen MR) is 120 cm³/mol. The first-order valence-corrected chi connectivity index (χ1v) is 12.1. The van der Waals surface area contributed by atoms with Crippen molar-refractivity contribution < 1.29 is 27.5 Å². The van der Waals surface area contributed by atoms with Crippen LogP contribution in [0.25, 0.3) is 0 Å². The third kappa shape index (κ3) is 5.94. The van der Waals surface area contributed by atoms with Crippen LogP contribution in [0.2, 0.25) is 0 Å². The molecule has 1 amide bonds. The highest BCUT2D eigenvalue weighted by Gasteiger charge is 2.25. The molecule has 0 spiro atoms. The van der Waals surface area contributed by atoms with Crippen molar-refractivity contribution in [1.29, 1.82) is 0 Å². The number of fused-ring (bicyclic) bond motifs is 1. The van der Waals surface area contributed by atoms with Gasteiger partial charge >= 0.3 is 5.97 Å². The number of anilines is 1. The number of sulfonamides is 1. The van der Waals surface area contributed by atoms with E-state index in [0.717, 1.165) is 17.4 Å². The van der Waals surface area contributed by atoms with Crippen molar-refractivity contribution in [2.45, 2.75) is 32.2 Å². The second-order valence-electron chi connectivity index (χ2n) is 7.78. The van der Waals surface area contributed by atoms with Crippen LogP contribution in [0, 0.1) is 0 Å². The Balaban J connectivity index is 1.60. The second kappa shape index (κ2) is 9.95. The van der Waals surface area contributed by atoms with Crippen LogP contribution in [0.15, 0.2) is 48.5 Å². The number of rotatable bonds is 8. The van der Waals surface area contributed by atoms with Crippen LogP contribution in [0.3, 0.4) is 0 Å². The lowest BCUT2D eigenvalue weighted by molar-refractivity contribution is -0.128. The highest BCUT2D eigenvalue weighted by Crippen LogP contribution is 2.30. The van der Waals surface area contributed by atoms with Crippen LogP contribution < -0.4 is 9.62 Å². The number of ether oxygens (including phenoxy) is 1. The fourth-order valence-corrected chi connectivity index (χ4v) is 4.63. The van der Waals surface area contributed by atoms with E-state index in [1.807, 2.05) is 30.3 Å². The summed E-state index contributed by atoms with van der Waals surface area (Å²) in [7, 11) is -3.40. The van der Waals surface area contributed by atoms with Crippen LogP contribution in [-0.2, 0) is 37.2 Å². The minimum atomic E-state index is -3.40. The zero-order valence-corrected chi connectivity index (χ0v) is 18.9. The number of carbonyl (C=O) groups excluding carboxylic acids is 3. The maximum atomic E-state index is 12.4. The summed E-state index contributed by atoms with van der Waals surface area (Å²) in [5.41, 5.74) is 2.43. The Morgan fingerprint density at radius 3 is 2.50 bits per heavy atom. The Bertz CT molecular complexity index is 1110. The van der Waals surface area contributed by atoms with Crippen LogP contribution in [0.1, 0.15) is 34.8 Å². The average Bonchev–Trinajstić information content (AvgIpc) is 2.76. The highest BCUT2D eigenvalue weighted by molar-refractivity contribution is 7.92. The lowest BCUT2D eigenvalue weighted by Crippen LogP contribution is -2.43. The monoisotopic (exact) mass is 458 g/mol. The van der Waals surface area contributed by atoms with E-state index in [0.29, 0.717) is 31.5 Å². The molecular weight excluding hydrogens is 432 g/mol. The molecule has 1 aliphatic heterocycles. The molecule has 1 aliphatic rings. The molecule has 0 radical (unpaired) electrons. The quantitative estimate of drug-likeness (QED) is 0.605. The third-order valence-electron chi connectivity index (χ3n) is 5.23. The summed E-state index contributed by atoms with van der Waals surface area (Å²) in [5.74, 6) is -1.46. The summed E-state index contributed by atoms with van der Waals surface area (Å²) < 4.78 is 30.4. The summed E-state index contributed by atoms with van der Waals surface area (Å²) in [4.78, 5) is 36.6. The number of benzene rings is 2. The van der Waals surface area contributed by atoms with Gasteiger partial charge in [-0.05, 0) is 55.5 Å². The molecule has 0 fully saturated rings. The molecule has 3 rings (SSSR count). The van der Waals surface area contributed by atoms with Crippen LogP contribution in [0.5, 0.6) is 0 Å². The minimum absolute atomic E-state index is 0.196. The van der Waals surface area contributed by atoms with E-state index in [9.17, 15) is 22.8 Å². The van der Waals surface area contributed by atoms with Gasteiger partial charge in [-0.25, -0.2) is 13.2 Å². The number of Topliss-reactive ketones (excluding diaryl/α,β-unsaturated/α-hetero) is 1. The minimum Gasteiger partial charge on any atom is -0.452 e. The standard InChI is InChI=1S/C23H26N2O6S/c1-16(26)20(13-17-7-4-3-5-8-17)24-22(27)15-31-23(28)19-10-11-21-18(14-19)9-6-12-25(21)32(2,29)30/h3-5,7-8,10-11,14,20H,6,9,12-13,15H2,1-2H3,(H,24,27). The van der Waals surface area contributed by atoms with Crippen molar-refractivity contribution in [3.05, 3.63) is 65.2 Å². The lowest BCUT2D eigenvalue weighted by Gasteiger charge is -2.29. The van der Waals surface area contributed by atoms with E-state index in [4.69, 9.17) is 4.74 Å². The van der Waals surface area contributed by atoms with Crippen LogP contribution in [-0.4, -0.2) is 51.5 Å². The van der Waals surface area contributed by atoms with E-state index < -0.39 is 34.5 Å². The van der Waals surface area contributed by atoms with Crippen molar-refractivity contribution in [2.75, 3.05) is 23.7 Å². The molecule has 0 saturated carbocycles. The molecule has 9 heteroatoms. The van der Waals surface area contributed by atoms with E-state index in [1.54, 1.807) is 12.1 Å². The Labute approximate surface area is 187 Å². The molecule has 2 aromatic rings. The molecule has 2 aromatic carbocycles. The van der Waals surface area contributed by atoms with E-state index in [-0.39, 0.29) is 11.3 Å². The lowest BCUT2D eigenvalue weighted by atomic mass is 10.0. The molecule has 0 aromatic heterocycles. The van der Waals surface area contributed by atoms with E-state index >= 15 is 0 Å². The summed E-state index contributed by atoms with van der Waals surface area (Å²) in [6, 6.07) is 13.2. The van der Waals surface area contributed by atoms with Gasteiger partial charge in [0, 0.05) is 6.54 Å². The van der Waals surface area contributed by atoms with Gasteiger partial charge in [0.05, 0.1) is 23.5 Å². The van der Waals surface area contributed by atoms with E-state index in [1.165, 1.54) is 17.3 Å².